The molecule has 1 amide bonds. The lowest BCUT2D eigenvalue weighted by molar-refractivity contribution is 0.1000. The summed E-state index contributed by atoms with van der Waals surface area (Å²) in [5, 5.41) is 3.51. The van der Waals surface area contributed by atoms with E-state index in [-0.39, 0.29) is 11.4 Å². The lowest BCUT2D eigenvalue weighted by atomic mass is 9.85. The van der Waals surface area contributed by atoms with Crippen LogP contribution < -0.4 is 11.1 Å². The van der Waals surface area contributed by atoms with Gasteiger partial charge in [-0.05, 0) is 49.9 Å². The number of nitrogens with zero attached hydrogens (tertiary/aromatic N) is 1. The van der Waals surface area contributed by atoms with Crippen LogP contribution in [0.5, 0.6) is 0 Å². The third kappa shape index (κ3) is 2.23. The highest BCUT2D eigenvalue weighted by molar-refractivity contribution is 5.92. The van der Waals surface area contributed by atoms with Gasteiger partial charge in [0.2, 0.25) is 5.91 Å². The van der Waals surface area contributed by atoms with Crippen LogP contribution in [0.3, 0.4) is 0 Å². The van der Waals surface area contributed by atoms with Gasteiger partial charge >= 0.3 is 0 Å². The quantitative estimate of drug-likeness (QED) is 0.870. The number of carbonyl (C=O) groups is 1. The lowest BCUT2D eigenvalue weighted by Crippen LogP contribution is -2.43. The Morgan fingerprint density at radius 1 is 1.35 bits per heavy atom. The summed E-state index contributed by atoms with van der Waals surface area (Å²) in [6.07, 6.45) is 0. The molecule has 20 heavy (non-hydrogen) atoms. The Balaban J connectivity index is 1.73. The van der Waals surface area contributed by atoms with E-state index < -0.39 is 0 Å². The number of amides is 1. The van der Waals surface area contributed by atoms with Crippen molar-refractivity contribution in [1.82, 2.24) is 10.2 Å². The predicted molar refractivity (Wildman–Crippen MR) is 79.3 cm³/mol. The zero-order chi connectivity index (χ0) is 14.3. The van der Waals surface area contributed by atoms with E-state index in [4.69, 9.17) is 5.73 Å². The zero-order valence-corrected chi connectivity index (χ0v) is 12.2. The number of carbonyl (C=O) groups excluding carboxylic acids is 1. The van der Waals surface area contributed by atoms with Crippen molar-refractivity contribution in [1.29, 1.82) is 0 Å². The molecule has 2 fully saturated rings. The van der Waals surface area contributed by atoms with Crippen LogP contribution >= 0.6 is 0 Å². The molecular formula is C16H23N3O. The number of benzene rings is 1. The molecule has 2 saturated heterocycles. The number of rotatable bonds is 3. The van der Waals surface area contributed by atoms with Gasteiger partial charge in [0.05, 0.1) is 0 Å². The number of hydrogen-bond donors (Lipinski definition) is 2. The number of primary amides is 1. The van der Waals surface area contributed by atoms with E-state index in [1.807, 2.05) is 24.3 Å². The monoisotopic (exact) mass is 273 g/mol. The molecule has 2 atom stereocenters. The second kappa shape index (κ2) is 4.86. The number of fused-ring (bicyclic) bond motifs is 1. The molecule has 2 heterocycles. The Hall–Kier alpha value is -1.39. The summed E-state index contributed by atoms with van der Waals surface area (Å²) in [5.41, 5.74) is 7.33. The number of likely N-dealkylation sites (tertiary alicyclic amines) is 1. The Kier molecular flexibility index (Phi) is 3.30. The summed E-state index contributed by atoms with van der Waals surface area (Å²) in [5.74, 6) is 1.15. The number of nitrogens with two attached hydrogens (primary N) is 1. The van der Waals surface area contributed by atoms with Crippen LogP contribution in [0.25, 0.3) is 0 Å². The van der Waals surface area contributed by atoms with Crippen molar-refractivity contribution in [3.05, 3.63) is 35.4 Å². The summed E-state index contributed by atoms with van der Waals surface area (Å²) in [6, 6.07) is 7.68. The Bertz CT molecular complexity index is 509. The fourth-order valence-corrected chi connectivity index (χ4v) is 3.77. The summed E-state index contributed by atoms with van der Waals surface area (Å²) in [7, 11) is 0. The normalized spacial score (nSPS) is 28.5. The topological polar surface area (TPSA) is 58.4 Å². The standard InChI is InChI=1S/C16H23N3O/c1-16(2)14-8-18-7-13(14)10-19(16)9-11-3-5-12(6-4-11)15(17)20/h3-6,13-14,18H,7-10H2,1-2H3,(H2,17,20). The van der Waals surface area contributed by atoms with Crippen molar-refractivity contribution < 1.29 is 4.79 Å². The van der Waals surface area contributed by atoms with E-state index in [0.29, 0.717) is 5.56 Å². The van der Waals surface area contributed by atoms with Crippen LogP contribution in [0.1, 0.15) is 29.8 Å². The molecule has 1 aromatic rings. The van der Waals surface area contributed by atoms with Crippen LogP contribution in [-0.4, -0.2) is 36.0 Å². The Morgan fingerprint density at radius 2 is 2.05 bits per heavy atom. The van der Waals surface area contributed by atoms with E-state index in [1.54, 1.807) is 0 Å². The molecule has 4 heteroatoms. The third-order valence-electron chi connectivity index (χ3n) is 5.13. The van der Waals surface area contributed by atoms with Gasteiger partial charge in [0.15, 0.2) is 0 Å². The highest BCUT2D eigenvalue weighted by Gasteiger charge is 2.49. The molecule has 2 unspecified atom stereocenters. The molecule has 3 rings (SSSR count). The van der Waals surface area contributed by atoms with Crippen LogP contribution in [0.4, 0.5) is 0 Å². The van der Waals surface area contributed by atoms with E-state index in [1.165, 1.54) is 5.56 Å². The minimum absolute atomic E-state index is 0.233. The molecular weight excluding hydrogens is 250 g/mol. The fraction of sp³-hybridized carbons (Fsp3) is 0.562. The molecule has 108 valence electrons. The molecule has 4 nitrogen and oxygen atoms in total. The van der Waals surface area contributed by atoms with Gasteiger partial charge in [-0.1, -0.05) is 12.1 Å². The molecule has 2 aliphatic heterocycles. The Labute approximate surface area is 120 Å². The van der Waals surface area contributed by atoms with Crippen molar-refractivity contribution in [2.24, 2.45) is 17.6 Å². The van der Waals surface area contributed by atoms with E-state index in [0.717, 1.165) is 38.0 Å². The molecule has 0 aromatic heterocycles. The predicted octanol–water partition coefficient (Wildman–Crippen LogP) is 1.22. The van der Waals surface area contributed by atoms with Crippen molar-refractivity contribution in [3.8, 4) is 0 Å². The minimum atomic E-state index is -0.362. The van der Waals surface area contributed by atoms with Gasteiger partial charge in [0.1, 0.15) is 0 Å². The molecule has 0 saturated carbocycles. The first-order valence-electron chi connectivity index (χ1n) is 7.33. The average Bonchev–Trinajstić information content (AvgIpc) is 2.94. The first-order chi connectivity index (χ1) is 9.48. The maximum absolute atomic E-state index is 11.1. The highest BCUT2D eigenvalue weighted by atomic mass is 16.1. The van der Waals surface area contributed by atoms with Gasteiger partial charge in [-0.3, -0.25) is 9.69 Å². The SMILES string of the molecule is CC1(C)C2CNCC2CN1Cc1ccc(C(N)=O)cc1. The van der Waals surface area contributed by atoms with Crippen molar-refractivity contribution in [2.75, 3.05) is 19.6 Å². The number of nitrogens with one attached hydrogen (secondary N) is 1. The molecule has 0 spiro atoms. The Morgan fingerprint density at radius 3 is 2.65 bits per heavy atom. The molecule has 1 aromatic carbocycles. The van der Waals surface area contributed by atoms with Crippen LogP contribution in [0.2, 0.25) is 0 Å². The zero-order valence-electron chi connectivity index (χ0n) is 12.2. The fourth-order valence-electron chi connectivity index (χ4n) is 3.77. The van der Waals surface area contributed by atoms with Crippen LogP contribution in [-0.2, 0) is 6.54 Å². The molecule has 3 N–H and O–H groups in total. The summed E-state index contributed by atoms with van der Waals surface area (Å²) >= 11 is 0. The second-order valence-electron chi connectivity index (χ2n) is 6.62. The van der Waals surface area contributed by atoms with E-state index in [9.17, 15) is 4.79 Å². The lowest BCUT2D eigenvalue weighted by Gasteiger charge is -2.35. The summed E-state index contributed by atoms with van der Waals surface area (Å²) in [4.78, 5) is 13.7. The molecule has 0 radical (unpaired) electrons. The third-order valence-corrected chi connectivity index (χ3v) is 5.13. The minimum Gasteiger partial charge on any atom is -0.366 e. The first-order valence-corrected chi connectivity index (χ1v) is 7.33. The maximum Gasteiger partial charge on any atom is 0.248 e. The van der Waals surface area contributed by atoms with Gasteiger partial charge in [-0.15, -0.1) is 0 Å². The average molecular weight is 273 g/mol. The van der Waals surface area contributed by atoms with Crippen molar-refractivity contribution in [3.63, 3.8) is 0 Å². The van der Waals surface area contributed by atoms with Gasteiger partial charge in [0, 0.05) is 30.7 Å². The first kappa shape index (κ1) is 13.6. The van der Waals surface area contributed by atoms with Crippen molar-refractivity contribution in [2.45, 2.75) is 25.9 Å². The highest BCUT2D eigenvalue weighted by Crippen LogP contribution is 2.41. The smallest absolute Gasteiger partial charge is 0.248 e. The van der Waals surface area contributed by atoms with Crippen LogP contribution in [0.15, 0.2) is 24.3 Å². The molecule has 2 aliphatic rings. The largest absolute Gasteiger partial charge is 0.366 e. The molecule has 0 bridgehead atoms. The number of hydrogen-bond acceptors (Lipinski definition) is 3. The van der Waals surface area contributed by atoms with Gasteiger partial charge in [0.25, 0.3) is 0 Å². The second-order valence-corrected chi connectivity index (χ2v) is 6.62. The maximum atomic E-state index is 11.1. The summed E-state index contributed by atoms with van der Waals surface area (Å²) < 4.78 is 0. The van der Waals surface area contributed by atoms with E-state index >= 15 is 0 Å². The van der Waals surface area contributed by atoms with Crippen LogP contribution in [0, 0.1) is 11.8 Å². The van der Waals surface area contributed by atoms with Gasteiger partial charge in [-0.2, -0.15) is 0 Å². The van der Waals surface area contributed by atoms with E-state index in [2.05, 4.69) is 24.1 Å². The van der Waals surface area contributed by atoms with Gasteiger partial charge in [-0.25, -0.2) is 0 Å². The molecule has 0 aliphatic carbocycles. The van der Waals surface area contributed by atoms with Crippen molar-refractivity contribution >= 4 is 5.91 Å². The summed E-state index contributed by atoms with van der Waals surface area (Å²) in [6.45, 7) is 9.08. The van der Waals surface area contributed by atoms with Gasteiger partial charge < -0.3 is 11.1 Å².